The van der Waals surface area contributed by atoms with E-state index >= 15 is 0 Å². The second-order valence-electron chi connectivity index (χ2n) is 7.49. The molecule has 6 heteroatoms. The molecule has 0 spiro atoms. The van der Waals surface area contributed by atoms with Crippen molar-refractivity contribution in [2.75, 3.05) is 43.1 Å². The maximum atomic E-state index is 13.1. The number of nitrogens with zero attached hydrogens (tertiary/aromatic N) is 2. The van der Waals surface area contributed by atoms with Gasteiger partial charge in [-0.15, -0.1) is 0 Å². The second-order valence-corrected chi connectivity index (χ2v) is 7.49. The molecule has 2 saturated heterocycles. The molecule has 1 aromatic rings. The SMILES string of the molecule is O=C1CCN1C1(C(=O)Nc2ccc(N3CCOCC3)cc2)CCCCC1. The molecule has 0 radical (unpaired) electrons. The standard InChI is InChI=1S/C20H27N3O3/c24-18-8-11-23(18)20(9-2-1-3-10-20)19(25)21-16-4-6-17(7-5-16)22-12-14-26-15-13-22/h4-7H,1-3,8-15H2,(H,21,25). The van der Waals surface area contributed by atoms with E-state index in [-0.39, 0.29) is 11.8 Å². The zero-order valence-electron chi connectivity index (χ0n) is 15.2. The van der Waals surface area contributed by atoms with Crippen molar-refractivity contribution in [2.24, 2.45) is 0 Å². The molecule has 6 nitrogen and oxygen atoms in total. The molecule has 0 aromatic heterocycles. The molecule has 26 heavy (non-hydrogen) atoms. The summed E-state index contributed by atoms with van der Waals surface area (Å²) >= 11 is 0. The molecule has 2 aliphatic heterocycles. The van der Waals surface area contributed by atoms with Crippen molar-refractivity contribution in [3.8, 4) is 0 Å². The monoisotopic (exact) mass is 357 g/mol. The van der Waals surface area contributed by atoms with Gasteiger partial charge in [-0.25, -0.2) is 0 Å². The first kappa shape index (κ1) is 17.3. The minimum absolute atomic E-state index is 0.0237. The molecule has 3 aliphatic rings. The summed E-state index contributed by atoms with van der Waals surface area (Å²) in [4.78, 5) is 29.3. The Morgan fingerprint density at radius 2 is 1.69 bits per heavy atom. The molecule has 1 N–H and O–H groups in total. The van der Waals surface area contributed by atoms with Gasteiger partial charge in [0.15, 0.2) is 0 Å². The van der Waals surface area contributed by atoms with Crippen LogP contribution in [0.2, 0.25) is 0 Å². The third-order valence-electron chi connectivity index (χ3n) is 5.97. The molecule has 0 atom stereocenters. The van der Waals surface area contributed by atoms with Crippen LogP contribution in [0.1, 0.15) is 38.5 Å². The van der Waals surface area contributed by atoms with Crippen LogP contribution < -0.4 is 10.2 Å². The first-order valence-electron chi connectivity index (χ1n) is 9.74. The lowest BCUT2D eigenvalue weighted by Crippen LogP contribution is -2.64. The fourth-order valence-corrected chi connectivity index (χ4v) is 4.35. The van der Waals surface area contributed by atoms with E-state index in [9.17, 15) is 9.59 Å². The van der Waals surface area contributed by atoms with E-state index in [2.05, 4.69) is 10.2 Å². The van der Waals surface area contributed by atoms with Gasteiger partial charge in [0, 0.05) is 37.4 Å². The van der Waals surface area contributed by atoms with Gasteiger partial charge in [-0.3, -0.25) is 9.59 Å². The van der Waals surface area contributed by atoms with Gasteiger partial charge in [0.05, 0.1) is 13.2 Å². The Morgan fingerprint density at radius 3 is 2.27 bits per heavy atom. The fraction of sp³-hybridized carbons (Fsp3) is 0.600. The minimum Gasteiger partial charge on any atom is -0.378 e. The van der Waals surface area contributed by atoms with Gasteiger partial charge in [0.2, 0.25) is 11.8 Å². The van der Waals surface area contributed by atoms with Gasteiger partial charge < -0.3 is 19.9 Å². The molecule has 3 fully saturated rings. The topological polar surface area (TPSA) is 61.9 Å². The van der Waals surface area contributed by atoms with Crippen molar-refractivity contribution >= 4 is 23.2 Å². The summed E-state index contributed by atoms with van der Waals surface area (Å²) in [6.07, 6.45) is 5.28. The van der Waals surface area contributed by atoms with Crippen molar-refractivity contribution in [3.05, 3.63) is 24.3 Å². The smallest absolute Gasteiger partial charge is 0.250 e. The second kappa shape index (κ2) is 7.27. The number of carbonyl (C=O) groups is 2. The Hall–Kier alpha value is -2.08. The lowest BCUT2D eigenvalue weighted by atomic mass is 9.77. The summed E-state index contributed by atoms with van der Waals surface area (Å²) in [6.45, 7) is 4.01. The summed E-state index contributed by atoms with van der Waals surface area (Å²) in [7, 11) is 0. The Kier molecular flexibility index (Phi) is 4.85. The number of β-lactam (4-membered cyclic amide) rings is 1. The van der Waals surface area contributed by atoms with E-state index in [0.717, 1.165) is 69.8 Å². The van der Waals surface area contributed by atoms with Crippen LogP contribution in [0.25, 0.3) is 0 Å². The van der Waals surface area contributed by atoms with Crippen LogP contribution >= 0.6 is 0 Å². The number of amides is 2. The number of hydrogen-bond donors (Lipinski definition) is 1. The van der Waals surface area contributed by atoms with E-state index in [1.807, 2.05) is 29.2 Å². The predicted molar refractivity (Wildman–Crippen MR) is 100 cm³/mol. The van der Waals surface area contributed by atoms with E-state index in [1.165, 1.54) is 0 Å². The van der Waals surface area contributed by atoms with Gasteiger partial charge in [0.1, 0.15) is 5.54 Å². The van der Waals surface area contributed by atoms with Crippen LogP contribution in [0.5, 0.6) is 0 Å². The molecule has 140 valence electrons. The number of nitrogens with one attached hydrogen (secondary N) is 1. The molecule has 1 aromatic carbocycles. The van der Waals surface area contributed by atoms with Crippen LogP contribution in [0.3, 0.4) is 0 Å². The van der Waals surface area contributed by atoms with Crippen molar-refractivity contribution in [3.63, 3.8) is 0 Å². The molecule has 1 saturated carbocycles. The van der Waals surface area contributed by atoms with Crippen molar-refractivity contribution < 1.29 is 14.3 Å². The van der Waals surface area contributed by atoms with Gasteiger partial charge in [-0.2, -0.15) is 0 Å². The Morgan fingerprint density at radius 1 is 1.00 bits per heavy atom. The zero-order chi connectivity index (χ0) is 18.0. The first-order valence-corrected chi connectivity index (χ1v) is 9.74. The first-order chi connectivity index (χ1) is 12.7. The van der Waals surface area contributed by atoms with E-state index < -0.39 is 5.54 Å². The molecule has 2 heterocycles. The number of hydrogen-bond acceptors (Lipinski definition) is 4. The van der Waals surface area contributed by atoms with E-state index in [4.69, 9.17) is 4.74 Å². The fourth-order valence-electron chi connectivity index (χ4n) is 4.35. The highest BCUT2D eigenvalue weighted by Gasteiger charge is 2.49. The Bertz CT molecular complexity index is 661. The van der Waals surface area contributed by atoms with Gasteiger partial charge in [-0.1, -0.05) is 19.3 Å². The highest BCUT2D eigenvalue weighted by Crippen LogP contribution is 2.38. The number of likely N-dealkylation sites (tertiary alicyclic amines) is 1. The number of benzene rings is 1. The number of rotatable bonds is 4. The lowest BCUT2D eigenvalue weighted by molar-refractivity contribution is -0.157. The van der Waals surface area contributed by atoms with Crippen LogP contribution in [0.15, 0.2) is 24.3 Å². The minimum atomic E-state index is -0.642. The normalized spacial score (nSPS) is 22.7. The van der Waals surface area contributed by atoms with Gasteiger partial charge in [-0.05, 0) is 37.1 Å². The third-order valence-corrected chi connectivity index (χ3v) is 5.97. The molecular weight excluding hydrogens is 330 g/mol. The average Bonchev–Trinajstić information content (AvgIpc) is 2.68. The largest absolute Gasteiger partial charge is 0.378 e. The molecule has 0 unspecified atom stereocenters. The number of carbonyl (C=O) groups excluding carboxylic acids is 2. The van der Waals surface area contributed by atoms with Crippen molar-refractivity contribution in [2.45, 2.75) is 44.1 Å². The zero-order valence-corrected chi connectivity index (χ0v) is 15.2. The average molecular weight is 357 g/mol. The highest BCUT2D eigenvalue weighted by molar-refractivity contribution is 6.01. The van der Waals surface area contributed by atoms with Gasteiger partial charge in [0.25, 0.3) is 0 Å². The number of anilines is 2. The highest BCUT2D eigenvalue weighted by atomic mass is 16.5. The summed E-state index contributed by atoms with van der Waals surface area (Å²) < 4.78 is 5.39. The Balaban J connectivity index is 1.46. The van der Waals surface area contributed by atoms with Crippen molar-refractivity contribution in [1.82, 2.24) is 4.90 Å². The quantitative estimate of drug-likeness (QED) is 0.841. The third kappa shape index (κ3) is 3.18. The van der Waals surface area contributed by atoms with E-state index in [0.29, 0.717) is 13.0 Å². The maximum absolute atomic E-state index is 13.1. The summed E-state index contributed by atoms with van der Waals surface area (Å²) in [5, 5.41) is 3.08. The lowest BCUT2D eigenvalue weighted by Gasteiger charge is -2.49. The number of morpholine rings is 1. The molecule has 0 bridgehead atoms. The van der Waals surface area contributed by atoms with Crippen LogP contribution in [0.4, 0.5) is 11.4 Å². The molecule has 2 amide bonds. The van der Waals surface area contributed by atoms with Crippen LogP contribution in [-0.4, -0.2) is 55.1 Å². The maximum Gasteiger partial charge on any atom is 0.250 e. The predicted octanol–water partition coefficient (Wildman–Crippen LogP) is 2.40. The summed E-state index contributed by atoms with van der Waals surface area (Å²) in [5.41, 5.74) is 1.30. The molecule has 4 rings (SSSR count). The Labute approximate surface area is 154 Å². The summed E-state index contributed by atoms with van der Waals surface area (Å²) in [6, 6.07) is 8.00. The van der Waals surface area contributed by atoms with Gasteiger partial charge >= 0.3 is 0 Å². The summed E-state index contributed by atoms with van der Waals surface area (Å²) in [5.74, 6) is 0.0917. The molecule has 1 aliphatic carbocycles. The van der Waals surface area contributed by atoms with Crippen LogP contribution in [-0.2, 0) is 14.3 Å². The van der Waals surface area contributed by atoms with Crippen LogP contribution in [0, 0.1) is 0 Å². The molecular formula is C20H27N3O3. The number of ether oxygens (including phenoxy) is 1. The van der Waals surface area contributed by atoms with E-state index in [1.54, 1.807) is 0 Å². The van der Waals surface area contributed by atoms with Crippen molar-refractivity contribution in [1.29, 1.82) is 0 Å².